The lowest BCUT2D eigenvalue weighted by Crippen LogP contribution is -2.57. The molecule has 0 fully saturated rings. The van der Waals surface area contributed by atoms with E-state index in [2.05, 4.69) is 30.6 Å². The first-order valence-corrected chi connectivity index (χ1v) is 12.0. The number of rotatable bonds is 4. The van der Waals surface area contributed by atoms with Gasteiger partial charge in [0.15, 0.2) is 11.6 Å². The minimum atomic E-state index is -0.841. The summed E-state index contributed by atoms with van der Waals surface area (Å²) in [5, 5.41) is 24.1. The molecule has 2 aliphatic heterocycles. The van der Waals surface area contributed by atoms with E-state index >= 15 is 0 Å². The number of likely N-dealkylation sites (N-methyl/N-ethyl adjacent to an activating group) is 2. The van der Waals surface area contributed by atoms with Crippen LogP contribution in [0.2, 0.25) is 10.6 Å². The number of carbonyl (C=O) groups excluding carboxylic acids is 2. The number of amides is 2. The predicted octanol–water partition coefficient (Wildman–Crippen LogP) is 1.94. The highest BCUT2D eigenvalue weighted by molar-refractivity contribution is 6.29. The lowest BCUT2D eigenvalue weighted by molar-refractivity contribution is -0.122. The molecule has 2 amide bonds. The van der Waals surface area contributed by atoms with Crippen molar-refractivity contribution in [1.29, 1.82) is 0 Å². The van der Waals surface area contributed by atoms with E-state index in [1.165, 1.54) is 0 Å². The number of anilines is 4. The van der Waals surface area contributed by atoms with Gasteiger partial charge in [-0.25, -0.2) is 9.97 Å². The first-order valence-electron chi connectivity index (χ1n) is 11.2. The number of carbonyl (C=O) groups is 2. The van der Waals surface area contributed by atoms with Crippen molar-refractivity contribution in [2.75, 3.05) is 47.7 Å². The summed E-state index contributed by atoms with van der Waals surface area (Å²) in [6, 6.07) is 0. The van der Waals surface area contributed by atoms with Crippen molar-refractivity contribution < 1.29 is 19.8 Å². The van der Waals surface area contributed by atoms with E-state index in [0.717, 1.165) is 0 Å². The van der Waals surface area contributed by atoms with Crippen LogP contribution in [0.4, 0.5) is 23.0 Å². The van der Waals surface area contributed by atoms with Crippen molar-refractivity contribution in [3.8, 4) is 0 Å². The first-order chi connectivity index (χ1) is 16.8. The molecule has 12 nitrogen and oxygen atoms in total. The molecule has 4 rings (SSSR count). The smallest absolute Gasteiger partial charge is 0.250 e. The molecule has 2 atom stereocenters. The topological polar surface area (TPSA) is 157 Å². The van der Waals surface area contributed by atoms with Gasteiger partial charge in [-0.1, -0.05) is 0 Å². The molecule has 0 saturated heterocycles. The van der Waals surface area contributed by atoms with Crippen LogP contribution in [0.15, 0.2) is 0 Å². The Labute approximate surface area is 219 Å². The fourth-order valence-electron chi connectivity index (χ4n) is 4.09. The predicted molar refractivity (Wildman–Crippen MR) is 138 cm³/mol. The highest BCUT2D eigenvalue weighted by Gasteiger charge is 2.44. The zero-order chi connectivity index (χ0) is 27.0. The van der Waals surface area contributed by atoms with Crippen molar-refractivity contribution in [3.63, 3.8) is 0 Å². The molecule has 4 N–H and O–H groups in total. The summed E-state index contributed by atoms with van der Waals surface area (Å²) in [6.45, 7) is 6.87. The molecule has 196 valence electrons. The Balaban J connectivity index is 0.000000201. The minimum absolute atomic E-state index is 0.0820. The quantitative estimate of drug-likeness (QED) is 0.422. The maximum absolute atomic E-state index is 12.2. The van der Waals surface area contributed by atoms with Gasteiger partial charge in [-0.2, -0.15) is 9.97 Å². The lowest BCUT2D eigenvalue weighted by Gasteiger charge is -2.42. The molecule has 0 spiro atoms. The molecule has 4 heterocycles. The molecular formula is C22H30Cl2N8O4. The molecule has 0 unspecified atom stereocenters. The van der Waals surface area contributed by atoms with E-state index < -0.39 is 11.1 Å². The van der Waals surface area contributed by atoms with E-state index in [4.69, 9.17) is 33.4 Å². The lowest BCUT2D eigenvalue weighted by atomic mass is 9.92. The van der Waals surface area contributed by atoms with Gasteiger partial charge in [-0.05, 0) is 50.9 Å². The molecule has 2 aromatic rings. The SMILES string of the molecule is Cc1nc(Cl)nc2c1NC(=O)[C@@](C)(CCO)N2C.Cc1nc(Cl)nc2c1NC(=O)[C@](C)(CCO)N2C. The van der Waals surface area contributed by atoms with Gasteiger partial charge in [0, 0.05) is 40.2 Å². The Bertz CT molecular complexity index is 1110. The van der Waals surface area contributed by atoms with E-state index in [9.17, 15) is 9.59 Å². The Kier molecular flexibility index (Phi) is 7.94. The Hall–Kier alpha value is -2.80. The molecule has 36 heavy (non-hydrogen) atoms. The van der Waals surface area contributed by atoms with E-state index in [0.29, 0.717) is 47.2 Å². The zero-order valence-electron chi connectivity index (χ0n) is 21.0. The molecular weight excluding hydrogens is 511 g/mol. The molecule has 0 radical (unpaired) electrons. The van der Waals surface area contributed by atoms with Gasteiger partial charge in [0.2, 0.25) is 22.4 Å². The minimum Gasteiger partial charge on any atom is -0.396 e. The summed E-state index contributed by atoms with van der Waals surface area (Å²) in [6.07, 6.45) is 0.630. The van der Waals surface area contributed by atoms with Gasteiger partial charge < -0.3 is 30.6 Å². The van der Waals surface area contributed by atoms with Gasteiger partial charge >= 0.3 is 0 Å². The molecule has 2 aliphatic rings. The zero-order valence-corrected chi connectivity index (χ0v) is 22.5. The van der Waals surface area contributed by atoms with Crippen LogP contribution in [0.1, 0.15) is 38.1 Å². The maximum Gasteiger partial charge on any atom is 0.250 e. The summed E-state index contributed by atoms with van der Waals surface area (Å²) in [5.41, 5.74) is 0.703. The number of nitrogens with zero attached hydrogens (tertiary/aromatic N) is 6. The molecule has 2 aromatic heterocycles. The molecule has 14 heteroatoms. The van der Waals surface area contributed by atoms with E-state index in [-0.39, 0.29) is 35.6 Å². The summed E-state index contributed by atoms with van der Waals surface area (Å²) in [7, 11) is 3.52. The number of aromatic nitrogens is 4. The third-order valence-electron chi connectivity index (χ3n) is 6.86. The number of hydrogen-bond acceptors (Lipinski definition) is 10. The van der Waals surface area contributed by atoms with Crippen molar-refractivity contribution in [2.45, 2.75) is 51.6 Å². The summed E-state index contributed by atoms with van der Waals surface area (Å²) >= 11 is 11.7. The monoisotopic (exact) mass is 540 g/mol. The number of aliphatic hydroxyl groups excluding tert-OH is 2. The average molecular weight is 541 g/mol. The number of hydrogen-bond donors (Lipinski definition) is 4. The van der Waals surface area contributed by atoms with Crippen LogP contribution in [0, 0.1) is 13.8 Å². The van der Waals surface area contributed by atoms with Crippen LogP contribution >= 0.6 is 23.2 Å². The number of aryl methyl sites for hydroxylation is 2. The van der Waals surface area contributed by atoms with Gasteiger partial charge in [0.1, 0.15) is 22.5 Å². The summed E-state index contributed by atoms with van der Waals surface area (Å²) in [4.78, 5) is 44.1. The van der Waals surface area contributed by atoms with Gasteiger partial charge in [0.25, 0.3) is 0 Å². The Morgan fingerprint density at radius 2 is 1.08 bits per heavy atom. The maximum atomic E-state index is 12.2. The first kappa shape index (κ1) is 27.8. The van der Waals surface area contributed by atoms with Crippen molar-refractivity contribution >= 4 is 58.0 Å². The highest BCUT2D eigenvalue weighted by Crippen LogP contribution is 2.38. The highest BCUT2D eigenvalue weighted by atomic mass is 35.5. The second-order valence-corrected chi connectivity index (χ2v) is 9.75. The van der Waals surface area contributed by atoms with E-state index in [1.807, 2.05) is 0 Å². The summed E-state index contributed by atoms with van der Waals surface area (Å²) in [5.74, 6) is 0.784. The van der Waals surface area contributed by atoms with E-state index in [1.54, 1.807) is 51.6 Å². The fourth-order valence-corrected chi connectivity index (χ4v) is 4.51. The normalized spacial score (nSPS) is 22.7. The van der Waals surface area contributed by atoms with Crippen LogP contribution in [0.3, 0.4) is 0 Å². The number of aliphatic hydroxyl groups is 2. The van der Waals surface area contributed by atoms with Gasteiger partial charge in [-0.3, -0.25) is 9.59 Å². The molecule has 0 aliphatic carbocycles. The van der Waals surface area contributed by atoms with Gasteiger partial charge in [0.05, 0.1) is 11.4 Å². The largest absolute Gasteiger partial charge is 0.396 e. The second-order valence-electron chi connectivity index (χ2n) is 9.07. The van der Waals surface area contributed by atoms with Crippen LogP contribution in [-0.2, 0) is 9.59 Å². The van der Waals surface area contributed by atoms with Crippen molar-refractivity contribution in [1.82, 2.24) is 19.9 Å². The number of halogens is 2. The molecule has 0 aromatic carbocycles. The number of fused-ring (bicyclic) bond motifs is 2. The van der Waals surface area contributed by atoms with Crippen LogP contribution < -0.4 is 20.4 Å². The molecule has 0 saturated carbocycles. The van der Waals surface area contributed by atoms with Crippen LogP contribution in [-0.4, -0.2) is 80.4 Å². The second kappa shape index (κ2) is 10.3. The summed E-state index contributed by atoms with van der Waals surface area (Å²) < 4.78 is 0. The Morgan fingerprint density at radius 3 is 1.39 bits per heavy atom. The third kappa shape index (κ3) is 4.77. The fraction of sp³-hybridized carbons (Fsp3) is 0.545. The standard InChI is InChI=1S/2C11H15ClN4O2/c2*1-6-7-8(15-10(12)13-6)16(3)11(2,4-5-17)9(18)14-7/h2*17H,4-5H2,1-3H3,(H,14,18)/t2*11-/m10/s1. The van der Waals surface area contributed by atoms with Crippen molar-refractivity contribution in [3.05, 3.63) is 22.0 Å². The van der Waals surface area contributed by atoms with Gasteiger partial charge in [-0.15, -0.1) is 0 Å². The third-order valence-corrected chi connectivity index (χ3v) is 7.19. The Morgan fingerprint density at radius 1 is 0.750 bits per heavy atom. The number of nitrogens with one attached hydrogen (secondary N) is 2. The van der Waals surface area contributed by atoms with Crippen LogP contribution in [0.5, 0.6) is 0 Å². The van der Waals surface area contributed by atoms with Crippen molar-refractivity contribution in [2.24, 2.45) is 0 Å². The average Bonchev–Trinajstić information content (AvgIpc) is 2.79. The molecule has 0 bridgehead atoms. The van der Waals surface area contributed by atoms with Crippen LogP contribution in [0.25, 0.3) is 0 Å².